The fourth-order valence-corrected chi connectivity index (χ4v) is 2.18. The van der Waals surface area contributed by atoms with Crippen molar-refractivity contribution in [3.63, 3.8) is 0 Å². The average molecular weight is 269 g/mol. The van der Waals surface area contributed by atoms with E-state index in [1.807, 2.05) is 20.8 Å². The van der Waals surface area contributed by atoms with E-state index < -0.39 is 5.41 Å². The first-order chi connectivity index (χ1) is 8.75. The third-order valence-electron chi connectivity index (χ3n) is 3.60. The predicted molar refractivity (Wildman–Crippen MR) is 70.3 cm³/mol. The first kappa shape index (κ1) is 15.7. The van der Waals surface area contributed by atoms with Crippen LogP contribution >= 0.6 is 0 Å². The Bertz CT molecular complexity index is 370. The van der Waals surface area contributed by atoms with Crippen molar-refractivity contribution >= 4 is 17.7 Å². The Morgan fingerprint density at radius 2 is 1.74 bits per heavy atom. The molecule has 0 unspecified atom stereocenters. The number of hydrogen-bond acceptors (Lipinski definition) is 4. The Hall–Kier alpha value is -1.39. The van der Waals surface area contributed by atoms with E-state index in [4.69, 9.17) is 0 Å². The maximum absolute atomic E-state index is 11.9. The number of carbonyl (C=O) groups is 3. The lowest BCUT2D eigenvalue weighted by Gasteiger charge is -2.18. The summed E-state index contributed by atoms with van der Waals surface area (Å²) in [4.78, 5) is 35.0. The zero-order valence-corrected chi connectivity index (χ0v) is 12.1. The molecule has 0 aromatic carbocycles. The maximum atomic E-state index is 11.9. The lowest BCUT2D eigenvalue weighted by molar-refractivity contribution is -0.145. The smallest absolute Gasteiger partial charge is 0.308 e. The van der Waals surface area contributed by atoms with E-state index in [9.17, 15) is 14.4 Å². The van der Waals surface area contributed by atoms with E-state index in [-0.39, 0.29) is 36.0 Å². The summed E-state index contributed by atoms with van der Waals surface area (Å²) in [7, 11) is 1.36. The number of hydrogen-bond donors (Lipinski definition) is 1. The summed E-state index contributed by atoms with van der Waals surface area (Å²) < 4.78 is 4.68. The topological polar surface area (TPSA) is 72.5 Å². The number of ether oxygens (including phenoxy) is 1. The second kappa shape index (κ2) is 6.17. The molecule has 1 rings (SSSR count). The van der Waals surface area contributed by atoms with Gasteiger partial charge >= 0.3 is 5.97 Å². The quantitative estimate of drug-likeness (QED) is 0.781. The van der Waals surface area contributed by atoms with Crippen LogP contribution in [0.5, 0.6) is 0 Å². The Kier molecular flexibility index (Phi) is 5.09. The number of nitrogens with one attached hydrogen (secondary N) is 1. The Morgan fingerprint density at radius 3 is 2.26 bits per heavy atom. The van der Waals surface area contributed by atoms with E-state index in [2.05, 4.69) is 10.1 Å². The van der Waals surface area contributed by atoms with Gasteiger partial charge in [0.25, 0.3) is 0 Å². The fraction of sp³-hybridized carbons (Fsp3) is 0.786. The first-order valence-corrected chi connectivity index (χ1v) is 6.64. The van der Waals surface area contributed by atoms with Crippen molar-refractivity contribution in [2.24, 2.45) is 17.3 Å². The minimum absolute atomic E-state index is 0.00312. The van der Waals surface area contributed by atoms with Crippen LogP contribution in [0.2, 0.25) is 0 Å². The van der Waals surface area contributed by atoms with Crippen molar-refractivity contribution in [2.45, 2.75) is 40.0 Å². The van der Waals surface area contributed by atoms with Gasteiger partial charge in [0.15, 0.2) is 5.78 Å². The molecule has 1 amide bonds. The molecule has 1 aliphatic rings. The number of esters is 1. The van der Waals surface area contributed by atoms with E-state index in [0.29, 0.717) is 19.3 Å². The summed E-state index contributed by atoms with van der Waals surface area (Å²) in [6.07, 6.45) is 1.87. The molecule has 1 saturated carbocycles. The van der Waals surface area contributed by atoms with Gasteiger partial charge in [-0.05, 0) is 19.3 Å². The van der Waals surface area contributed by atoms with Crippen LogP contribution in [-0.4, -0.2) is 31.3 Å². The molecule has 1 N–H and O–H groups in total. The lowest BCUT2D eigenvalue weighted by Crippen LogP contribution is -2.38. The summed E-state index contributed by atoms with van der Waals surface area (Å²) in [5.41, 5.74) is -0.447. The standard InChI is InChI=1S/C14H23NO4/c1-14(2,3)11(16)8-15-12(17)9-5-6-10(7-9)13(18)19-4/h9-10H,5-8H2,1-4H3,(H,15,17)/t9-,10+/m1/s1. The van der Waals surface area contributed by atoms with Gasteiger partial charge in [-0.25, -0.2) is 0 Å². The summed E-state index contributed by atoms with van der Waals surface area (Å²) >= 11 is 0. The van der Waals surface area contributed by atoms with Crippen molar-refractivity contribution in [3.05, 3.63) is 0 Å². The highest BCUT2D eigenvalue weighted by atomic mass is 16.5. The van der Waals surface area contributed by atoms with Crippen LogP contribution < -0.4 is 5.32 Å². The predicted octanol–water partition coefficient (Wildman–Crippen LogP) is 1.31. The Morgan fingerprint density at radius 1 is 1.16 bits per heavy atom. The van der Waals surface area contributed by atoms with Gasteiger partial charge in [-0.2, -0.15) is 0 Å². The zero-order chi connectivity index (χ0) is 14.6. The minimum Gasteiger partial charge on any atom is -0.469 e. The van der Waals surface area contributed by atoms with E-state index >= 15 is 0 Å². The third-order valence-corrected chi connectivity index (χ3v) is 3.60. The van der Waals surface area contributed by atoms with Crippen molar-refractivity contribution in [3.8, 4) is 0 Å². The molecule has 5 heteroatoms. The third kappa shape index (κ3) is 4.33. The van der Waals surface area contributed by atoms with Gasteiger partial charge in [0, 0.05) is 11.3 Å². The molecule has 0 heterocycles. The van der Waals surface area contributed by atoms with Crippen LogP contribution in [0.25, 0.3) is 0 Å². The summed E-state index contributed by atoms with van der Waals surface area (Å²) in [5.74, 6) is -0.746. The molecular formula is C14H23NO4. The van der Waals surface area contributed by atoms with Gasteiger partial charge in [-0.1, -0.05) is 20.8 Å². The van der Waals surface area contributed by atoms with Crippen LogP contribution in [0, 0.1) is 17.3 Å². The van der Waals surface area contributed by atoms with Crippen molar-refractivity contribution in [1.82, 2.24) is 5.32 Å². The van der Waals surface area contributed by atoms with Gasteiger partial charge in [0.2, 0.25) is 5.91 Å². The number of ketones is 1. The highest BCUT2D eigenvalue weighted by molar-refractivity contribution is 5.90. The Balaban J connectivity index is 2.40. The zero-order valence-electron chi connectivity index (χ0n) is 12.1. The van der Waals surface area contributed by atoms with E-state index in [0.717, 1.165) is 0 Å². The highest BCUT2D eigenvalue weighted by Gasteiger charge is 2.34. The fourth-order valence-electron chi connectivity index (χ4n) is 2.18. The SMILES string of the molecule is COC(=O)[C@H]1CC[C@@H](C(=O)NCC(=O)C(C)(C)C)C1. The molecular weight excluding hydrogens is 246 g/mol. The summed E-state index contributed by atoms with van der Waals surface area (Å²) in [6, 6.07) is 0. The van der Waals surface area contributed by atoms with Crippen molar-refractivity contribution < 1.29 is 19.1 Å². The highest BCUT2D eigenvalue weighted by Crippen LogP contribution is 2.31. The molecule has 19 heavy (non-hydrogen) atoms. The van der Waals surface area contributed by atoms with Gasteiger partial charge in [0.05, 0.1) is 19.6 Å². The number of methoxy groups -OCH3 is 1. The van der Waals surface area contributed by atoms with Gasteiger partial charge in [0.1, 0.15) is 0 Å². The summed E-state index contributed by atoms with van der Waals surface area (Å²) in [5, 5.41) is 2.67. The second-order valence-electron chi connectivity index (χ2n) is 6.12. The monoisotopic (exact) mass is 269 g/mol. The van der Waals surface area contributed by atoms with Gasteiger partial charge in [-0.15, -0.1) is 0 Å². The number of carbonyl (C=O) groups excluding carboxylic acids is 3. The molecule has 2 atom stereocenters. The molecule has 108 valence electrons. The molecule has 1 aliphatic carbocycles. The second-order valence-corrected chi connectivity index (χ2v) is 6.12. The summed E-state index contributed by atoms with van der Waals surface area (Å²) in [6.45, 7) is 5.53. The van der Waals surface area contributed by atoms with E-state index in [1.54, 1.807) is 0 Å². The molecule has 1 fully saturated rings. The maximum Gasteiger partial charge on any atom is 0.308 e. The van der Waals surface area contributed by atoms with Gasteiger partial charge in [-0.3, -0.25) is 14.4 Å². The first-order valence-electron chi connectivity index (χ1n) is 6.64. The molecule has 0 spiro atoms. The molecule has 5 nitrogen and oxygen atoms in total. The molecule has 0 aliphatic heterocycles. The van der Waals surface area contributed by atoms with Crippen molar-refractivity contribution in [1.29, 1.82) is 0 Å². The number of amides is 1. The molecule has 0 saturated heterocycles. The van der Waals surface area contributed by atoms with Crippen LogP contribution in [0.1, 0.15) is 40.0 Å². The van der Waals surface area contributed by atoms with Crippen LogP contribution in [0.4, 0.5) is 0 Å². The normalized spacial score (nSPS) is 22.9. The molecule has 0 bridgehead atoms. The molecule has 0 aromatic rings. The van der Waals surface area contributed by atoms with E-state index in [1.165, 1.54) is 7.11 Å². The minimum atomic E-state index is -0.447. The van der Waals surface area contributed by atoms with Crippen LogP contribution in [-0.2, 0) is 19.1 Å². The van der Waals surface area contributed by atoms with Crippen molar-refractivity contribution in [2.75, 3.05) is 13.7 Å². The molecule has 0 radical (unpaired) electrons. The number of rotatable bonds is 4. The van der Waals surface area contributed by atoms with Crippen LogP contribution in [0.3, 0.4) is 0 Å². The largest absolute Gasteiger partial charge is 0.469 e. The van der Waals surface area contributed by atoms with Gasteiger partial charge < -0.3 is 10.1 Å². The average Bonchev–Trinajstić information content (AvgIpc) is 2.82. The Labute approximate surface area is 114 Å². The van der Waals surface area contributed by atoms with Crippen LogP contribution in [0.15, 0.2) is 0 Å². The molecule has 0 aromatic heterocycles. The number of Topliss-reactive ketones (excluding diaryl/α,β-unsaturated/α-hetero) is 1. The lowest BCUT2D eigenvalue weighted by atomic mass is 9.91.